The lowest BCUT2D eigenvalue weighted by atomic mass is 10.1. The third-order valence-corrected chi connectivity index (χ3v) is 5.11. The van der Waals surface area contributed by atoms with E-state index in [2.05, 4.69) is 15.6 Å². The van der Waals surface area contributed by atoms with Gasteiger partial charge in [0.25, 0.3) is 0 Å². The van der Waals surface area contributed by atoms with E-state index in [1.54, 1.807) is 19.2 Å². The van der Waals surface area contributed by atoms with E-state index in [0.717, 1.165) is 13.0 Å². The highest BCUT2D eigenvalue weighted by Crippen LogP contribution is 2.15. The molecule has 0 saturated heterocycles. The van der Waals surface area contributed by atoms with Crippen molar-refractivity contribution in [2.24, 2.45) is 0 Å². The highest BCUT2D eigenvalue weighted by atomic mass is 19.4. The fraction of sp³-hybridized carbons (Fsp3) is 0.640. The number of aromatic nitrogens is 1. The first kappa shape index (κ1) is 33.8. The zero-order valence-electron chi connectivity index (χ0n) is 22.9. The Labute approximate surface area is 226 Å². The Morgan fingerprint density at radius 1 is 1.08 bits per heavy atom. The number of ether oxygens (including phenoxy) is 2. The summed E-state index contributed by atoms with van der Waals surface area (Å²) in [5.74, 6) is -3.87. The van der Waals surface area contributed by atoms with Crippen LogP contribution >= 0.6 is 0 Å². The van der Waals surface area contributed by atoms with Crippen LogP contribution < -0.4 is 16.0 Å². The van der Waals surface area contributed by atoms with E-state index in [-0.39, 0.29) is 37.0 Å². The summed E-state index contributed by atoms with van der Waals surface area (Å²) < 4.78 is 47.7. The lowest BCUT2D eigenvalue weighted by molar-refractivity contribution is -0.173. The van der Waals surface area contributed by atoms with Crippen LogP contribution in [0.3, 0.4) is 0 Å². The third kappa shape index (κ3) is 15.1. The van der Waals surface area contributed by atoms with Crippen LogP contribution in [0.5, 0.6) is 0 Å². The molecule has 3 N–H and O–H groups in total. The molecule has 0 bridgehead atoms. The quantitative estimate of drug-likeness (QED) is 0.257. The summed E-state index contributed by atoms with van der Waals surface area (Å²) in [6.07, 6.45) is -5.15. The van der Waals surface area contributed by atoms with E-state index < -0.39 is 49.2 Å². The molecule has 1 heterocycles. The van der Waals surface area contributed by atoms with E-state index in [9.17, 15) is 32.3 Å². The van der Waals surface area contributed by atoms with Crippen LogP contribution in [0.25, 0.3) is 0 Å². The molecule has 0 aliphatic heterocycles. The minimum atomic E-state index is -5.06. The van der Waals surface area contributed by atoms with Gasteiger partial charge in [-0.25, -0.2) is 4.79 Å². The van der Waals surface area contributed by atoms with Gasteiger partial charge in [-0.05, 0) is 60.0 Å². The molecule has 0 aromatic carbocycles. The van der Waals surface area contributed by atoms with E-state index in [1.165, 1.54) is 18.3 Å². The van der Waals surface area contributed by atoms with Crippen LogP contribution in [0.4, 0.5) is 13.2 Å². The maximum absolute atomic E-state index is 12.7. The monoisotopic (exact) mass is 561 g/mol. The van der Waals surface area contributed by atoms with Crippen LogP contribution in [0.1, 0.15) is 56.1 Å². The molecule has 1 rings (SSSR count). The molecule has 0 fully saturated rings. The minimum Gasteiger partial charge on any atom is -0.463 e. The fourth-order valence-corrected chi connectivity index (χ4v) is 3.22. The summed E-state index contributed by atoms with van der Waals surface area (Å²) in [5, 5.41) is 7.51. The Bertz CT molecular complexity index is 958. The number of halogens is 3. The summed E-state index contributed by atoms with van der Waals surface area (Å²) >= 11 is 0. The van der Waals surface area contributed by atoms with E-state index in [4.69, 9.17) is 9.47 Å². The number of hydrogen-bond acceptors (Lipinski definition) is 9. The van der Waals surface area contributed by atoms with Gasteiger partial charge in [-0.1, -0.05) is 0 Å². The molecular formula is C25H38F3N5O6. The van der Waals surface area contributed by atoms with Gasteiger partial charge >= 0.3 is 24.0 Å². The zero-order chi connectivity index (χ0) is 29.6. The average Bonchev–Trinajstić information content (AvgIpc) is 2.81. The van der Waals surface area contributed by atoms with E-state index in [1.807, 2.05) is 25.9 Å². The Kier molecular flexibility index (Phi) is 14.4. The molecule has 1 aromatic heterocycles. The standard InChI is InChI=1S/C25H38F3N5O6/c1-16(2)38-22(35)13-20(7-10-31-24(37)25(26,27)28)39-23(36)18-6-9-30-19(12-18)14-29-15-21(34)32-17(3)8-11-33(4)5/h6,9,12,16-17,20,29H,7-8,10-11,13-15H2,1-5H3,(H,31,37)(H,32,34). The van der Waals surface area contributed by atoms with Crippen LogP contribution in [0, 0.1) is 0 Å². The predicted octanol–water partition coefficient (Wildman–Crippen LogP) is 1.56. The van der Waals surface area contributed by atoms with Crippen molar-refractivity contribution in [2.75, 3.05) is 33.7 Å². The molecule has 14 heteroatoms. The second kappa shape index (κ2) is 16.6. The summed E-state index contributed by atoms with van der Waals surface area (Å²) in [5.41, 5.74) is 0.524. The highest BCUT2D eigenvalue weighted by Gasteiger charge is 2.38. The number of pyridine rings is 1. The van der Waals surface area contributed by atoms with E-state index >= 15 is 0 Å². The summed E-state index contributed by atoms with van der Waals surface area (Å²) in [6, 6.07) is 2.81. The second-order valence-electron chi connectivity index (χ2n) is 9.51. The van der Waals surface area contributed by atoms with Gasteiger partial charge in [-0.3, -0.25) is 19.4 Å². The summed E-state index contributed by atoms with van der Waals surface area (Å²) in [4.78, 5) is 54.1. The first-order valence-corrected chi connectivity index (χ1v) is 12.5. The van der Waals surface area contributed by atoms with Gasteiger partial charge in [0.05, 0.1) is 30.3 Å². The van der Waals surface area contributed by atoms with Crippen LogP contribution in [0.15, 0.2) is 18.3 Å². The Hall–Kier alpha value is -3.26. The first-order chi connectivity index (χ1) is 18.2. The molecule has 1 aromatic rings. The van der Waals surface area contributed by atoms with Gasteiger partial charge < -0.3 is 30.3 Å². The lowest BCUT2D eigenvalue weighted by Crippen LogP contribution is -2.40. The fourth-order valence-electron chi connectivity index (χ4n) is 3.22. The number of alkyl halides is 3. The largest absolute Gasteiger partial charge is 0.471 e. The highest BCUT2D eigenvalue weighted by molar-refractivity contribution is 5.89. The van der Waals surface area contributed by atoms with Crippen LogP contribution in [0.2, 0.25) is 0 Å². The summed E-state index contributed by atoms with van der Waals surface area (Å²) in [6.45, 7) is 5.71. The lowest BCUT2D eigenvalue weighted by Gasteiger charge is -2.19. The molecule has 0 saturated carbocycles. The average molecular weight is 562 g/mol. The van der Waals surface area contributed by atoms with Crippen molar-refractivity contribution >= 4 is 23.8 Å². The van der Waals surface area contributed by atoms with Crippen molar-refractivity contribution in [3.8, 4) is 0 Å². The number of carbonyl (C=O) groups excluding carboxylic acids is 4. The van der Waals surface area contributed by atoms with Crippen molar-refractivity contribution in [3.05, 3.63) is 29.6 Å². The van der Waals surface area contributed by atoms with Crippen LogP contribution in [-0.2, 0) is 30.4 Å². The van der Waals surface area contributed by atoms with Crippen LogP contribution in [-0.4, -0.2) is 91.8 Å². The second-order valence-corrected chi connectivity index (χ2v) is 9.51. The molecule has 2 unspecified atom stereocenters. The van der Waals surface area contributed by atoms with Gasteiger partial charge in [0, 0.05) is 31.7 Å². The number of hydrogen-bond donors (Lipinski definition) is 3. The molecule has 2 amide bonds. The smallest absolute Gasteiger partial charge is 0.463 e. The molecule has 0 aliphatic carbocycles. The van der Waals surface area contributed by atoms with Gasteiger partial charge in [0.1, 0.15) is 6.10 Å². The molecular weight excluding hydrogens is 523 g/mol. The molecule has 220 valence electrons. The molecule has 0 radical (unpaired) electrons. The third-order valence-electron chi connectivity index (χ3n) is 5.11. The van der Waals surface area contributed by atoms with Crippen molar-refractivity contribution in [1.82, 2.24) is 25.8 Å². The normalized spacial score (nSPS) is 13.1. The van der Waals surface area contributed by atoms with Crippen molar-refractivity contribution in [3.63, 3.8) is 0 Å². The Morgan fingerprint density at radius 2 is 1.77 bits per heavy atom. The van der Waals surface area contributed by atoms with Gasteiger partial charge in [-0.2, -0.15) is 13.2 Å². The molecule has 11 nitrogen and oxygen atoms in total. The van der Waals surface area contributed by atoms with Gasteiger partial charge in [0.15, 0.2) is 0 Å². The topological polar surface area (TPSA) is 139 Å². The molecule has 39 heavy (non-hydrogen) atoms. The van der Waals surface area contributed by atoms with Crippen molar-refractivity contribution in [1.29, 1.82) is 0 Å². The minimum absolute atomic E-state index is 0.00507. The van der Waals surface area contributed by atoms with E-state index in [0.29, 0.717) is 5.69 Å². The number of amides is 2. The number of carbonyl (C=O) groups is 4. The number of esters is 2. The predicted molar refractivity (Wildman–Crippen MR) is 135 cm³/mol. The SMILES string of the molecule is CC(CCN(C)C)NC(=O)CNCc1cc(C(=O)OC(CCNC(=O)C(F)(F)F)CC(=O)OC(C)C)ccn1. The summed E-state index contributed by atoms with van der Waals surface area (Å²) in [7, 11) is 3.90. The first-order valence-electron chi connectivity index (χ1n) is 12.5. The maximum Gasteiger partial charge on any atom is 0.471 e. The Balaban J connectivity index is 2.70. The molecule has 0 spiro atoms. The maximum atomic E-state index is 12.7. The van der Waals surface area contributed by atoms with Gasteiger partial charge in [-0.15, -0.1) is 0 Å². The van der Waals surface area contributed by atoms with Crippen molar-refractivity contribution in [2.45, 2.75) is 71.0 Å². The zero-order valence-corrected chi connectivity index (χ0v) is 22.9. The van der Waals surface area contributed by atoms with Gasteiger partial charge in [0.2, 0.25) is 5.91 Å². The number of nitrogens with one attached hydrogen (secondary N) is 3. The Morgan fingerprint density at radius 3 is 2.38 bits per heavy atom. The number of nitrogens with zero attached hydrogens (tertiary/aromatic N) is 2. The molecule has 0 aliphatic rings. The molecule has 2 atom stereocenters. The van der Waals surface area contributed by atoms with Crippen molar-refractivity contribution < 1.29 is 41.8 Å². The number of rotatable bonds is 16.